The van der Waals surface area contributed by atoms with Crippen molar-refractivity contribution in [1.29, 1.82) is 0 Å². The van der Waals surface area contributed by atoms with Gasteiger partial charge in [-0.3, -0.25) is 0 Å². The zero-order chi connectivity index (χ0) is 31.3. The van der Waals surface area contributed by atoms with Crippen LogP contribution >= 0.6 is 0 Å². The monoisotopic (exact) mass is 718 g/mol. The Balaban J connectivity index is 0.00000276. The first kappa shape index (κ1) is 37.9. The van der Waals surface area contributed by atoms with Gasteiger partial charge in [-0.05, 0) is 0 Å². The molecule has 0 aromatic heterocycles. The quantitative estimate of drug-likeness (QED) is 0.298. The molecule has 3 aromatic rings. The summed E-state index contributed by atoms with van der Waals surface area (Å²) in [6.07, 6.45) is 9.19. The second kappa shape index (κ2) is 14.3. The molecule has 0 nitrogen and oxygen atoms in total. The van der Waals surface area contributed by atoms with Crippen LogP contribution in [0.5, 0.6) is 0 Å². The minimum absolute atomic E-state index is 0. The van der Waals surface area contributed by atoms with Crippen molar-refractivity contribution in [3.8, 4) is 11.1 Å². The van der Waals surface area contributed by atoms with E-state index in [1.807, 2.05) is 3.28 Å². The van der Waals surface area contributed by atoms with Gasteiger partial charge in [0.1, 0.15) is 0 Å². The first-order valence-corrected chi connectivity index (χ1v) is 20.5. The molecule has 45 heavy (non-hydrogen) atoms. The van der Waals surface area contributed by atoms with Gasteiger partial charge < -0.3 is 24.8 Å². The number of unbranched alkanes of at least 4 members (excludes halogenated alkanes) is 1. The van der Waals surface area contributed by atoms with E-state index in [1.54, 1.807) is 19.9 Å². The molecule has 0 saturated carbocycles. The van der Waals surface area contributed by atoms with Gasteiger partial charge in [-0.25, -0.2) is 0 Å². The van der Waals surface area contributed by atoms with E-state index in [2.05, 4.69) is 155 Å². The largest absolute Gasteiger partial charge is 1.00 e. The maximum atomic E-state index is 2.70. The molecular weight excluding hydrogens is 667 g/mol. The van der Waals surface area contributed by atoms with E-state index in [4.69, 9.17) is 0 Å². The Bertz CT molecular complexity index is 1540. The molecule has 3 heteroatoms. The first-order chi connectivity index (χ1) is 20.1. The van der Waals surface area contributed by atoms with Crippen molar-refractivity contribution in [2.45, 2.75) is 110 Å². The van der Waals surface area contributed by atoms with Gasteiger partial charge in [-0.1, -0.05) is 0 Å². The van der Waals surface area contributed by atoms with Crippen molar-refractivity contribution in [3.05, 3.63) is 116 Å². The normalized spacial score (nSPS) is 16.6. The Labute approximate surface area is 295 Å². The Hall–Kier alpha value is -1.53. The molecule has 2 aliphatic rings. The third-order valence-corrected chi connectivity index (χ3v) is 18.2. The zero-order valence-corrected chi connectivity index (χ0v) is 33.5. The summed E-state index contributed by atoms with van der Waals surface area (Å²) in [6.45, 7) is 26.1. The van der Waals surface area contributed by atoms with Crippen molar-refractivity contribution < 1.29 is 46.1 Å². The molecule has 1 unspecified atom stereocenters. The van der Waals surface area contributed by atoms with Gasteiger partial charge >= 0.3 is 272 Å². The van der Waals surface area contributed by atoms with Gasteiger partial charge in [0, 0.05) is 0 Å². The molecule has 240 valence electrons. The van der Waals surface area contributed by atoms with Gasteiger partial charge in [0.2, 0.25) is 0 Å². The van der Waals surface area contributed by atoms with E-state index in [0.29, 0.717) is 9.54 Å². The second-order valence-electron chi connectivity index (χ2n) is 16.2. The van der Waals surface area contributed by atoms with Crippen LogP contribution in [0.2, 0.25) is 0 Å². The maximum Gasteiger partial charge on any atom is -1.00 e. The molecule has 2 aliphatic carbocycles. The molecule has 0 fully saturated rings. The number of rotatable bonds is 6. The third kappa shape index (κ3) is 7.80. The standard InChI is InChI=1S/C21H25.C13H21.C8H8.2ClH.Zr/c1-20(2,3)16-9-7-14-11-15-8-10-17(21(4,5)6)13-19(15)18(14)12-16;1-5-6-7-11-8-9-12(10-11)13(2,3)4;1-2-8-6-4-3-5-7-8;;;/h7-13H,1-6H3;9-11H,5-7H2,1-4H3;3-7H,1H3;2*1H;/q;;;;;+2/p-2. The molecule has 0 heterocycles. The van der Waals surface area contributed by atoms with E-state index in [9.17, 15) is 0 Å². The molecule has 0 aliphatic heterocycles. The Morgan fingerprint density at radius 3 is 1.64 bits per heavy atom. The molecule has 0 bridgehead atoms. The SMILES string of the molecule is CCCCC1C=C(C(C)(C)C)C=[C]1/[Zr+2](=[C](/C)c1ccccc1)[CH]1c2ccc(C(C)(C)C)cc2-c2cc(C(C)(C)C)ccc21.[Cl-].[Cl-]. The van der Waals surface area contributed by atoms with Gasteiger partial charge in [-0.15, -0.1) is 0 Å². The van der Waals surface area contributed by atoms with Crippen molar-refractivity contribution in [2.24, 2.45) is 11.3 Å². The van der Waals surface area contributed by atoms with Crippen molar-refractivity contribution in [2.75, 3.05) is 0 Å². The Kier molecular flexibility index (Phi) is 12.1. The van der Waals surface area contributed by atoms with Crippen LogP contribution in [0.15, 0.2) is 87.7 Å². The predicted molar refractivity (Wildman–Crippen MR) is 186 cm³/mol. The molecule has 0 N–H and O–H groups in total. The summed E-state index contributed by atoms with van der Waals surface area (Å²) in [5.41, 5.74) is 12.4. The summed E-state index contributed by atoms with van der Waals surface area (Å²) >= 11 is -2.58. The summed E-state index contributed by atoms with van der Waals surface area (Å²) in [7, 11) is 0. The van der Waals surface area contributed by atoms with Gasteiger partial charge in [0.15, 0.2) is 0 Å². The predicted octanol–water partition coefficient (Wildman–Crippen LogP) is 5.89. The molecule has 0 radical (unpaired) electrons. The first-order valence-electron chi connectivity index (χ1n) is 16.6. The third-order valence-electron chi connectivity index (χ3n) is 9.79. The topological polar surface area (TPSA) is 0 Å². The Morgan fingerprint density at radius 2 is 1.20 bits per heavy atom. The van der Waals surface area contributed by atoms with Gasteiger partial charge in [0.05, 0.1) is 0 Å². The second-order valence-corrected chi connectivity index (χ2v) is 22.9. The number of benzene rings is 3. The summed E-state index contributed by atoms with van der Waals surface area (Å²) in [6, 6.07) is 26.4. The van der Waals surface area contributed by atoms with E-state index in [-0.39, 0.29) is 41.1 Å². The van der Waals surface area contributed by atoms with E-state index < -0.39 is 21.3 Å². The van der Waals surface area contributed by atoms with E-state index in [0.717, 1.165) is 0 Å². The van der Waals surface area contributed by atoms with Crippen LogP contribution in [0, 0.1) is 11.3 Å². The molecule has 0 spiro atoms. The minimum Gasteiger partial charge on any atom is -1.00 e. The molecule has 3 aromatic carbocycles. The van der Waals surface area contributed by atoms with Crippen LogP contribution in [0.1, 0.15) is 127 Å². The number of hydrogen-bond donors (Lipinski definition) is 0. The molecule has 1 atom stereocenters. The fourth-order valence-electron chi connectivity index (χ4n) is 6.97. The summed E-state index contributed by atoms with van der Waals surface area (Å²) < 4.78 is 3.98. The van der Waals surface area contributed by atoms with Crippen LogP contribution in [0.4, 0.5) is 0 Å². The van der Waals surface area contributed by atoms with Crippen LogP contribution in [-0.4, -0.2) is 3.21 Å². The van der Waals surface area contributed by atoms with Crippen LogP contribution in [0.25, 0.3) is 11.1 Å². The van der Waals surface area contributed by atoms with Crippen molar-refractivity contribution in [3.63, 3.8) is 0 Å². The summed E-state index contributed by atoms with van der Waals surface area (Å²) in [4.78, 5) is 0. The maximum absolute atomic E-state index is 2.70. The van der Waals surface area contributed by atoms with Crippen molar-refractivity contribution >= 4 is 3.21 Å². The molecular formula is C42H54Cl2Zr. The summed E-state index contributed by atoms with van der Waals surface area (Å²) in [5.74, 6) is 0.567. The van der Waals surface area contributed by atoms with E-state index in [1.165, 1.54) is 47.1 Å². The smallest absolute Gasteiger partial charge is 1.00 e. The molecule has 0 amide bonds. The number of halogens is 2. The fraction of sp³-hybridized carbons (Fsp3) is 0.452. The van der Waals surface area contributed by atoms with Gasteiger partial charge in [0.25, 0.3) is 0 Å². The van der Waals surface area contributed by atoms with Crippen LogP contribution < -0.4 is 24.8 Å². The Morgan fingerprint density at radius 1 is 0.689 bits per heavy atom. The summed E-state index contributed by atoms with van der Waals surface area (Å²) in [5, 5.41) is 0. The fourth-order valence-corrected chi connectivity index (χ4v) is 16.2. The van der Waals surface area contributed by atoms with E-state index >= 15 is 0 Å². The molecule has 5 rings (SSSR count). The average molecular weight is 721 g/mol. The van der Waals surface area contributed by atoms with Crippen LogP contribution in [0.3, 0.4) is 0 Å². The number of hydrogen-bond acceptors (Lipinski definition) is 0. The number of fused-ring (bicyclic) bond motifs is 3. The minimum atomic E-state index is -2.58. The van der Waals surface area contributed by atoms with Crippen LogP contribution in [-0.2, 0) is 32.1 Å². The zero-order valence-electron chi connectivity index (χ0n) is 29.5. The van der Waals surface area contributed by atoms with Crippen molar-refractivity contribution in [1.82, 2.24) is 0 Å². The number of allylic oxidation sites excluding steroid dienone is 4. The average Bonchev–Trinajstić information content (AvgIpc) is 3.51. The van der Waals surface area contributed by atoms with Gasteiger partial charge in [-0.2, -0.15) is 0 Å². The molecule has 0 saturated heterocycles.